The Balaban J connectivity index is 1.29. The lowest BCUT2D eigenvalue weighted by molar-refractivity contribution is -0.0151. The number of benzene rings is 7. The molecule has 7 aromatic rings. The highest BCUT2D eigenvalue weighted by molar-refractivity contribution is 6.14. The van der Waals surface area contributed by atoms with Crippen molar-refractivity contribution in [3.05, 3.63) is 139 Å². The zero-order valence-electron chi connectivity index (χ0n) is 20.8. The van der Waals surface area contributed by atoms with E-state index in [2.05, 4.69) is 109 Å². The number of hydrogen-bond donors (Lipinski definition) is 1. The van der Waals surface area contributed by atoms with Crippen LogP contribution in [-0.2, 0) is 6.42 Å². The van der Waals surface area contributed by atoms with E-state index >= 15 is 0 Å². The van der Waals surface area contributed by atoms with Crippen LogP contribution >= 0.6 is 0 Å². The van der Waals surface area contributed by atoms with Crippen LogP contribution in [0.4, 0.5) is 0 Å². The summed E-state index contributed by atoms with van der Waals surface area (Å²) in [5.41, 5.74) is 3.13. The first-order valence-corrected chi connectivity index (χ1v) is 13.0. The monoisotopic (exact) mass is 490 g/mol. The van der Waals surface area contributed by atoms with E-state index in [1.165, 1.54) is 26.9 Å². The summed E-state index contributed by atoms with van der Waals surface area (Å²) in [7, 11) is 0. The molecule has 0 aliphatic heterocycles. The van der Waals surface area contributed by atoms with Gasteiger partial charge < -0.3 is 9.84 Å². The van der Waals surface area contributed by atoms with E-state index in [-0.39, 0.29) is 0 Å². The van der Waals surface area contributed by atoms with Gasteiger partial charge in [-0.2, -0.15) is 0 Å². The third-order valence-corrected chi connectivity index (χ3v) is 7.46. The van der Waals surface area contributed by atoms with Crippen molar-refractivity contribution >= 4 is 43.1 Å². The number of para-hydroxylation sites is 1. The number of rotatable bonds is 5. The van der Waals surface area contributed by atoms with Gasteiger partial charge in [0.2, 0.25) is 6.29 Å². The zero-order chi connectivity index (χ0) is 25.5. The van der Waals surface area contributed by atoms with Gasteiger partial charge in [-0.15, -0.1) is 0 Å². The minimum Gasteiger partial charge on any atom is -0.464 e. The molecule has 0 spiro atoms. The molecule has 2 heteroatoms. The van der Waals surface area contributed by atoms with Gasteiger partial charge in [0.25, 0.3) is 0 Å². The molecule has 38 heavy (non-hydrogen) atoms. The summed E-state index contributed by atoms with van der Waals surface area (Å²) < 4.78 is 6.28. The quantitative estimate of drug-likeness (QED) is 0.193. The first-order valence-electron chi connectivity index (χ1n) is 13.0. The summed E-state index contributed by atoms with van der Waals surface area (Å²) in [6.07, 6.45) is -0.606. The molecule has 1 atom stereocenters. The Labute approximate surface area is 221 Å². The Morgan fingerprint density at radius 3 is 1.68 bits per heavy atom. The van der Waals surface area contributed by atoms with Crippen molar-refractivity contribution in [1.29, 1.82) is 0 Å². The Hall–Kier alpha value is -4.66. The lowest BCUT2D eigenvalue weighted by atomic mass is 9.93. The van der Waals surface area contributed by atoms with E-state index in [0.29, 0.717) is 12.2 Å². The van der Waals surface area contributed by atoms with Crippen LogP contribution < -0.4 is 4.74 Å². The van der Waals surface area contributed by atoms with Gasteiger partial charge in [0.1, 0.15) is 5.75 Å². The molecular weight excluding hydrogens is 464 g/mol. The zero-order valence-corrected chi connectivity index (χ0v) is 20.8. The van der Waals surface area contributed by atoms with Crippen molar-refractivity contribution in [2.45, 2.75) is 12.7 Å². The fourth-order valence-corrected chi connectivity index (χ4v) is 5.75. The first kappa shape index (κ1) is 22.5. The SMILES string of the molecule is OC(Cc1cc2ccccc2c2ccccc12)Oc1ccccc1-c1cc2ccccc2c2ccccc12. The van der Waals surface area contributed by atoms with E-state index in [1.54, 1.807) is 0 Å². The van der Waals surface area contributed by atoms with Gasteiger partial charge >= 0.3 is 0 Å². The maximum atomic E-state index is 11.2. The lowest BCUT2D eigenvalue weighted by Crippen LogP contribution is -2.19. The average molecular weight is 491 g/mol. The fourth-order valence-electron chi connectivity index (χ4n) is 5.75. The van der Waals surface area contributed by atoms with Crippen molar-refractivity contribution in [2.24, 2.45) is 0 Å². The average Bonchev–Trinajstić information content (AvgIpc) is 2.97. The van der Waals surface area contributed by atoms with Crippen LogP contribution in [-0.4, -0.2) is 11.4 Å². The third kappa shape index (κ3) is 3.87. The molecule has 7 aromatic carbocycles. The van der Waals surface area contributed by atoms with Gasteiger partial charge in [-0.25, -0.2) is 0 Å². The van der Waals surface area contributed by atoms with Gasteiger partial charge in [-0.1, -0.05) is 121 Å². The maximum absolute atomic E-state index is 11.2. The molecule has 0 aromatic heterocycles. The minimum absolute atomic E-state index is 0.387. The number of aliphatic hydroxyl groups is 1. The maximum Gasteiger partial charge on any atom is 0.201 e. The van der Waals surface area contributed by atoms with Gasteiger partial charge in [-0.05, 0) is 66.3 Å². The standard InChI is InChI=1S/C36H26O2/c37-36(23-26-21-24-11-1-3-13-27(24)30-16-6-5-15-29(26)30)38-35-20-10-9-19-33(35)34-22-25-12-2-4-14-28(25)31-17-7-8-18-32(31)34/h1-22,36-37H,23H2. The number of ether oxygens (including phenoxy) is 1. The predicted octanol–water partition coefficient (Wildman–Crippen LogP) is 8.91. The highest BCUT2D eigenvalue weighted by Crippen LogP contribution is 2.39. The second-order valence-electron chi connectivity index (χ2n) is 9.77. The second kappa shape index (κ2) is 9.33. The molecule has 1 unspecified atom stereocenters. The van der Waals surface area contributed by atoms with Crippen molar-refractivity contribution in [1.82, 2.24) is 0 Å². The summed E-state index contributed by atoms with van der Waals surface area (Å²) in [5, 5.41) is 20.7. The van der Waals surface area contributed by atoms with Crippen molar-refractivity contribution in [3.8, 4) is 16.9 Å². The molecule has 0 saturated carbocycles. The van der Waals surface area contributed by atoms with Crippen LogP contribution in [0, 0.1) is 0 Å². The summed E-state index contributed by atoms with van der Waals surface area (Å²) in [4.78, 5) is 0. The molecular formula is C36H26O2. The Kier molecular flexibility index (Phi) is 5.53. The molecule has 0 aliphatic carbocycles. The summed E-state index contributed by atoms with van der Waals surface area (Å²) in [5.74, 6) is 0.672. The van der Waals surface area contributed by atoms with E-state index < -0.39 is 6.29 Å². The van der Waals surface area contributed by atoms with E-state index in [4.69, 9.17) is 4.74 Å². The van der Waals surface area contributed by atoms with Gasteiger partial charge in [0.05, 0.1) is 0 Å². The van der Waals surface area contributed by atoms with E-state index in [9.17, 15) is 5.11 Å². The predicted molar refractivity (Wildman–Crippen MR) is 159 cm³/mol. The Morgan fingerprint density at radius 1 is 0.474 bits per heavy atom. The largest absolute Gasteiger partial charge is 0.464 e. The molecule has 2 nitrogen and oxygen atoms in total. The highest BCUT2D eigenvalue weighted by Gasteiger charge is 2.17. The minimum atomic E-state index is -0.993. The molecule has 182 valence electrons. The summed E-state index contributed by atoms with van der Waals surface area (Å²) >= 11 is 0. The molecule has 0 bridgehead atoms. The molecule has 0 radical (unpaired) electrons. The van der Waals surface area contributed by atoms with Gasteiger partial charge in [-0.3, -0.25) is 0 Å². The van der Waals surface area contributed by atoms with Crippen LogP contribution in [0.2, 0.25) is 0 Å². The molecule has 7 rings (SSSR count). The van der Waals surface area contributed by atoms with E-state index in [0.717, 1.165) is 32.8 Å². The third-order valence-electron chi connectivity index (χ3n) is 7.46. The smallest absolute Gasteiger partial charge is 0.201 e. The molecule has 0 amide bonds. The number of hydrogen-bond acceptors (Lipinski definition) is 2. The van der Waals surface area contributed by atoms with Crippen LogP contribution in [0.5, 0.6) is 5.75 Å². The number of aliphatic hydroxyl groups excluding tert-OH is 1. The molecule has 0 saturated heterocycles. The van der Waals surface area contributed by atoms with E-state index in [1.807, 2.05) is 24.3 Å². The summed E-state index contributed by atoms with van der Waals surface area (Å²) in [6, 6.07) is 46.1. The lowest BCUT2D eigenvalue weighted by Gasteiger charge is -2.19. The molecule has 0 heterocycles. The van der Waals surface area contributed by atoms with Crippen LogP contribution in [0.25, 0.3) is 54.2 Å². The van der Waals surface area contributed by atoms with Crippen LogP contribution in [0.15, 0.2) is 133 Å². The van der Waals surface area contributed by atoms with Gasteiger partial charge in [0.15, 0.2) is 0 Å². The molecule has 0 aliphatic rings. The second-order valence-corrected chi connectivity index (χ2v) is 9.77. The van der Waals surface area contributed by atoms with Crippen molar-refractivity contribution in [3.63, 3.8) is 0 Å². The fraction of sp³-hybridized carbons (Fsp3) is 0.0556. The van der Waals surface area contributed by atoms with Crippen molar-refractivity contribution < 1.29 is 9.84 Å². The van der Waals surface area contributed by atoms with Crippen LogP contribution in [0.1, 0.15) is 5.56 Å². The normalized spacial score (nSPS) is 12.3. The molecule has 0 fully saturated rings. The Bertz CT molecular complexity index is 1950. The van der Waals surface area contributed by atoms with Crippen LogP contribution in [0.3, 0.4) is 0 Å². The van der Waals surface area contributed by atoms with Crippen molar-refractivity contribution in [2.75, 3.05) is 0 Å². The highest BCUT2D eigenvalue weighted by atomic mass is 16.6. The topological polar surface area (TPSA) is 29.5 Å². The van der Waals surface area contributed by atoms with Gasteiger partial charge in [0, 0.05) is 12.0 Å². The first-order chi connectivity index (χ1) is 18.8. The molecule has 1 N–H and O–H groups in total. The summed E-state index contributed by atoms with van der Waals surface area (Å²) in [6.45, 7) is 0. The number of fused-ring (bicyclic) bond motifs is 6. The Morgan fingerprint density at radius 2 is 0.974 bits per heavy atom.